The normalized spacial score (nSPS) is 12.1. The fourth-order valence-corrected chi connectivity index (χ4v) is 17.3. The Morgan fingerprint density at radius 1 is 0.435 bits per heavy atom. The Balaban J connectivity index is 0.000000257. The van der Waals surface area contributed by atoms with Gasteiger partial charge in [-0.15, -0.1) is 0 Å². The standard InChI is InChI=1S/C40H44PS2.C21H26O3S2/c1-7-19-35(20-8-1)33-42-32-30-40(43-34-36-21-9-2-10-22-36)29-17-6-18-31-41(37-23-11-3-12-24-37,38-25-13-4-14-26-38)39-27-15-5-16-28-39;22-21(23)11-13-24-15-20(26-17-19-9-5-2-6-10-19)12-14-25-16-18-7-3-1-4-8-18/h1-5,7-16,19-28,40H,6,17-18,29-34H2;1-10,20H,11-17H2,(H,22,23)/q+1;. The molecule has 0 amide bonds. The molecule has 0 spiro atoms. The lowest BCUT2D eigenvalue weighted by Gasteiger charge is -2.28. The number of aliphatic carboxylic acids is 1. The van der Waals surface area contributed by atoms with Crippen molar-refractivity contribution in [2.75, 3.05) is 30.9 Å². The number of carboxylic acid groups (broad SMARTS) is 1. The van der Waals surface area contributed by atoms with Gasteiger partial charge in [-0.3, -0.25) is 4.79 Å². The van der Waals surface area contributed by atoms with Crippen molar-refractivity contribution in [3.05, 3.63) is 235 Å². The molecule has 7 aromatic rings. The van der Waals surface area contributed by atoms with Crippen LogP contribution in [0.4, 0.5) is 0 Å². The summed E-state index contributed by atoms with van der Waals surface area (Å²) in [6.07, 6.45) is 8.77. The predicted octanol–water partition coefficient (Wildman–Crippen LogP) is 15.3. The van der Waals surface area contributed by atoms with Gasteiger partial charge in [-0.05, 0) is 102 Å². The molecule has 8 heteroatoms. The lowest BCUT2D eigenvalue weighted by atomic mass is 10.1. The molecule has 2 unspecified atom stereocenters. The van der Waals surface area contributed by atoms with Crippen LogP contribution in [0, 0.1) is 0 Å². The van der Waals surface area contributed by atoms with Crippen LogP contribution in [-0.2, 0) is 32.5 Å². The van der Waals surface area contributed by atoms with Gasteiger partial charge in [0.15, 0.2) is 0 Å². The molecule has 360 valence electrons. The van der Waals surface area contributed by atoms with Crippen molar-refractivity contribution in [1.82, 2.24) is 0 Å². The van der Waals surface area contributed by atoms with Gasteiger partial charge in [0.1, 0.15) is 23.2 Å². The van der Waals surface area contributed by atoms with Gasteiger partial charge < -0.3 is 9.84 Å². The minimum absolute atomic E-state index is 0.0683. The first-order valence-corrected chi connectivity index (χ1v) is 30.9. The molecule has 0 fully saturated rings. The van der Waals surface area contributed by atoms with Crippen LogP contribution in [0.5, 0.6) is 0 Å². The second-order valence-electron chi connectivity index (χ2n) is 17.1. The molecule has 3 nitrogen and oxygen atoms in total. The monoisotopic (exact) mass is 1010 g/mol. The Morgan fingerprint density at radius 2 is 0.797 bits per heavy atom. The third kappa shape index (κ3) is 20.2. The molecule has 7 rings (SSSR count). The molecular weight excluding hydrogens is 940 g/mol. The van der Waals surface area contributed by atoms with Crippen molar-refractivity contribution >= 4 is 76.2 Å². The smallest absolute Gasteiger partial charge is 0.305 e. The van der Waals surface area contributed by atoms with Gasteiger partial charge in [0.05, 0.1) is 25.8 Å². The molecule has 0 saturated carbocycles. The SMILES string of the molecule is O=C(O)CCOCC(CCSCc1ccccc1)SCc1ccccc1.c1ccc(CSCCC(CCCCC[P+](c2ccccc2)(c2ccccc2)c2ccccc2)SCc2ccccc2)cc1. The summed E-state index contributed by atoms with van der Waals surface area (Å²) in [5.41, 5.74) is 5.54. The molecule has 0 bridgehead atoms. The maximum atomic E-state index is 10.6. The zero-order chi connectivity index (χ0) is 47.9. The van der Waals surface area contributed by atoms with Crippen molar-refractivity contribution < 1.29 is 14.6 Å². The minimum atomic E-state index is -1.73. The number of rotatable bonds is 30. The van der Waals surface area contributed by atoms with E-state index in [9.17, 15) is 4.79 Å². The number of hydrogen-bond donors (Lipinski definition) is 1. The number of benzene rings is 7. The number of unbranched alkanes of at least 4 members (excludes halogenated alkanes) is 2. The van der Waals surface area contributed by atoms with Crippen LogP contribution < -0.4 is 15.9 Å². The van der Waals surface area contributed by atoms with Crippen molar-refractivity contribution in [1.29, 1.82) is 0 Å². The quantitative estimate of drug-likeness (QED) is 0.0356. The van der Waals surface area contributed by atoms with E-state index >= 15 is 0 Å². The first-order valence-electron chi connectivity index (χ1n) is 24.5. The van der Waals surface area contributed by atoms with Crippen molar-refractivity contribution in [3.63, 3.8) is 0 Å². The highest BCUT2D eigenvalue weighted by atomic mass is 32.2. The number of carboxylic acids is 1. The van der Waals surface area contributed by atoms with Crippen LogP contribution in [-0.4, -0.2) is 52.5 Å². The minimum Gasteiger partial charge on any atom is -0.481 e. The van der Waals surface area contributed by atoms with E-state index in [0.717, 1.165) is 35.2 Å². The van der Waals surface area contributed by atoms with Crippen LogP contribution in [0.2, 0.25) is 0 Å². The zero-order valence-electron chi connectivity index (χ0n) is 40.0. The maximum absolute atomic E-state index is 10.6. The van der Waals surface area contributed by atoms with E-state index < -0.39 is 13.2 Å². The highest BCUT2D eigenvalue weighted by Gasteiger charge is 2.44. The molecule has 1 N–H and O–H groups in total. The molecule has 0 radical (unpaired) electrons. The third-order valence-electron chi connectivity index (χ3n) is 11.9. The molecule has 69 heavy (non-hydrogen) atoms. The second-order valence-corrected chi connectivity index (χ2v) is 25.5. The van der Waals surface area contributed by atoms with E-state index in [1.54, 1.807) is 0 Å². The van der Waals surface area contributed by atoms with Gasteiger partial charge >= 0.3 is 5.97 Å². The van der Waals surface area contributed by atoms with Crippen molar-refractivity contribution in [3.8, 4) is 0 Å². The first-order chi connectivity index (χ1) is 34.1. The molecule has 0 aliphatic carbocycles. The summed E-state index contributed by atoms with van der Waals surface area (Å²) in [7, 11) is -1.73. The Morgan fingerprint density at radius 3 is 1.20 bits per heavy atom. The number of carbonyl (C=O) groups is 1. The molecule has 0 saturated heterocycles. The zero-order valence-corrected chi connectivity index (χ0v) is 44.2. The topological polar surface area (TPSA) is 46.5 Å². The molecular formula is C61H70O3PS4+. The van der Waals surface area contributed by atoms with E-state index in [4.69, 9.17) is 9.84 Å². The molecule has 0 aliphatic rings. The van der Waals surface area contributed by atoms with E-state index in [2.05, 4.69) is 224 Å². The lowest BCUT2D eigenvalue weighted by molar-refractivity contribution is -0.138. The van der Waals surface area contributed by atoms with Crippen molar-refractivity contribution in [2.24, 2.45) is 0 Å². The van der Waals surface area contributed by atoms with Gasteiger partial charge in [-0.25, -0.2) is 0 Å². The van der Waals surface area contributed by atoms with Crippen LogP contribution in [0.15, 0.2) is 212 Å². The summed E-state index contributed by atoms with van der Waals surface area (Å²) in [5.74, 6) is 5.70. The number of hydrogen-bond acceptors (Lipinski definition) is 6. The largest absolute Gasteiger partial charge is 0.481 e. The summed E-state index contributed by atoms with van der Waals surface area (Å²) in [6, 6.07) is 76.9. The predicted molar refractivity (Wildman–Crippen MR) is 309 cm³/mol. The van der Waals surface area contributed by atoms with Gasteiger partial charge in [0.25, 0.3) is 0 Å². The van der Waals surface area contributed by atoms with Crippen LogP contribution in [0.1, 0.15) is 67.2 Å². The average Bonchev–Trinajstić information content (AvgIpc) is 3.41. The third-order valence-corrected chi connectivity index (χ3v) is 21.4. The highest BCUT2D eigenvalue weighted by Crippen LogP contribution is 2.56. The fourth-order valence-electron chi connectivity index (χ4n) is 8.21. The van der Waals surface area contributed by atoms with Gasteiger partial charge in [-0.1, -0.05) is 182 Å². The Bertz CT molecular complexity index is 2270. The first kappa shape index (κ1) is 54.1. The molecule has 0 heterocycles. The molecule has 0 aromatic heterocycles. The summed E-state index contributed by atoms with van der Waals surface area (Å²) in [6.45, 7) is 0.894. The maximum Gasteiger partial charge on any atom is 0.305 e. The van der Waals surface area contributed by atoms with Crippen LogP contribution in [0.3, 0.4) is 0 Å². The summed E-state index contributed by atoms with van der Waals surface area (Å²) >= 11 is 8.09. The van der Waals surface area contributed by atoms with E-state index in [0.29, 0.717) is 17.1 Å². The van der Waals surface area contributed by atoms with E-state index in [1.807, 2.05) is 35.7 Å². The fraction of sp³-hybridized carbons (Fsp3) is 0.295. The van der Waals surface area contributed by atoms with Gasteiger partial charge in [0, 0.05) is 33.5 Å². The van der Waals surface area contributed by atoms with Gasteiger partial charge in [0.2, 0.25) is 0 Å². The highest BCUT2D eigenvalue weighted by molar-refractivity contribution is 8.00. The summed E-state index contributed by atoms with van der Waals surface area (Å²) < 4.78 is 5.60. The van der Waals surface area contributed by atoms with Crippen LogP contribution in [0.25, 0.3) is 0 Å². The average molecular weight is 1010 g/mol. The lowest BCUT2D eigenvalue weighted by Crippen LogP contribution is -2.33. The Hall–Kier alpha value is -4.20. The number of ether oxygens (including phenoxy) is 1. The second kappa shape index (κ2) is 32.6. The van der Waals surface area contributed by atoms with Crippen molar-refractivity contribution in [2.45, 2.75) is 78.5 Å². The molecule has 2 atom stereocenters. The summed E-state index contributed by atoms with van der Waals surface area (Å²) in [5, 5.41) is 14.3. The Kier molecular flexibility index (Phi) is 25.6. The van der Waals surface area contributed by atoms with E-state index in [1.165, 1.54) is 82.2 Å². The summed E-state index contributed by atoms with van der Waals surface area (Å²) in [4.78, 5) is 10.6. The van der Waals surface area contributed by atoms with E-state index in [-0.39, 0.29) is 13.0 Å². The van der Waals surface area contributed by atoms with Crippen LogP contribution >= 0.6 is 54.3 Å². The Labute approximate surface area is 431 Å². The molecule has 0 aliphatic heterocycles. The molecule has 7 aromatic carbocycles. The number of thioether (sulfide) groups is 4. The van der Waals surface area contributed by atoms with Gasteiger partial charge in [-0.2, -0.15) is 47.0 Å².